The predicted octanol–water partition coefficient (Wildman–Crippen LogP) is 1.99. The van der Waals surface area contributed by atoms with Crippen LogP contribution in [0, 0.1) is 0 Å². The van der Waals surface area contributed by atoms with Gasteiger partial charge >= 0.3 is 0 Å². The fourth-order valence-electron chi connectivity index (χ4n) is 1.53. The molecule has 0 radical (unpaired) electrons. The van der Waals surface area contributed by atoms with Crippen LogP contribution >= 0.6 is 0 Å². The fraction of sp³-hybridized carbons (Fsp3) is 0.462. The third-order valence-electron chi connectivity index (χ3n) is 2.55. The number of carbonyl (C=O) groups is 1. The van der Waals surface area contributed by atoms with Crippen LogP contribution in [0.3, 0.4) is 0 Å². The third kappa shape index (κ3) is 4.03. The van der Waals surface area contributed by atoms with Crippen LogP contribution in [-0.2, 0) is 11.2 Å². The molecule has 0 unspecified atom stereocenters. The molecule has 88 valence electrons. The zero-order valence-corrected chi connectivity index (χ0v) is 10.2. The van der Waals surface area contributed by atoms with Crippen molar-refractivity contribution in [2.45, 2.75) is 32.6 Å². The second-order valence-corrected chi connectivity index (χ2v) is 4.19. The first-order chi connectivity index (χ1) is 7.63. The lowest BCUT2D eigenvalue weighted by Gasteiger charge is -2.07. The molecule has 0 aromatic heterocycles. The summed E-state index contributed by atoms with van der Waals surface area (Å²) in [7, 11) is 1.69. The lowest BCUT2D eigenvalue weighted by molar-refractivity contribution is -0.121. The highest BCUT2D eigenvalue weighted by atomic mass is 16.2. The van der Waals surface area contributed by atoms with Crippen molar-refractivity contribution >= 4 is 5.91 Å². The van der Waals surface area contributed by atoms with E-state index in [1.165, 1.54) is 11.1 Å². The molecule has 1 aromatic rings. The molecule has 0 heterocycles. The van der Waals surface area contributed by atoms with E-state index in [0.29, 0.717) is 12.3 Å². The first-order valence-corrected chi connectivity index (χ1v) is 5.68. The molecule has 0 saturated carbocycles. The van der Waals surface area contributed by atoms with Crippen molar-refractivity contribution in [1.29, 1.82) is 0 Å². The predicted molar refractivity (Wildman–Crippen MR) is 66.1 cm³/mol. The molecular weight excluding hydrogens is 200 g/mol. The highest BCUT2D eigenvalue weighted by Crippen LogP contribution is 2.15. The van der Waals surface area contributed by atoms with Crippen molar-refractivity contribution in [1.82, 2.24) is 10.9 Å². The highest BCUT2D eigenvalue weighted by Gasteiger charge is 2.02. The summed E-state index contributed by atoms with van der Waals surface area (Å²) in [5, 5.41) is 0. The molecule has 0 aliphatic carbocycles. The summed E-state index contributed by atoms with van der Waals surface area (Å²) in [5.74, 6) is 0.581. The Labute approximate surface area is 97.2 Å². The van der Waals surface area contributed by atoms with Crippen molar-refractivity contribution in [2.24, 2.45) is 0 Å². The summed E-state index contributed by atoms with van der Waals surface area (Å²) in [6.45, 7) is 4.35. The van der Waals surface area contributed by atoms with Gasteiger partial charge in [-0.05, 0) is 23.5 Å². The Kier molecular flexibility index (Phi) is 4.99. The normalized spacial score (nSPS) is 10.5. The van der Waals surface area contributed by atoms with Gasteiger partial charge in [-0.3, -0.25) is 10.2 Å². The Morgan fingerprint density at radius 1 is 1.25 bits per heavy atom. The van der Waals surface area contributed by atoms with Crippen molar-refractivity contribution in [3.8, 4) is 0 Å². The fourth-order valence-corrected chi connectivity index (χ4v) is 1.53. The number of amides is 1. The van der Waals surface area contributed by atoms with Crippen LogP contribution in [0.2, 0.25) is 0 Å². The Morgan fingerprint density at radius 3 is 2.38 bits per heavy atom. The van der Waals surface area contributed by atoms with Crippen LogP contribution in [0.5, 0.6) is 0 Å². The van der Waals surface area contributed by atoms with E-state index < -0.39 is 0 Å². The lowest BCUT2D eigenvalue weighted by atomic mass is 10.0. The van der Waals surface area contributed by atoms with E-state index in [-0.39, 0.29) is 5.91 Å². The van der Waals surface area contributed by atoms with E-state index in [2.05, 4.69) is 49.0 Å². The van der Waals surface area contributed by atoms with E-state index >= 15 is 0 Å². The average molecular weight is 220 g/mol. The second-order valence-electron chi connectivity index (χ2n) is 4.19. The van der Waals surface area contributed by atoms with E-state index in [0.717, 1.165) is 6.42 Å². The van der Waals surface area contributed by atoms with E-state index in [1.807, 2.05) is 0 Å². The van der Waals surface area contributed by atoms with Gasteiger partial charge in [-0.1, -0.05) is 38.1 Å². The molecular formula is C13H20N2O. The molecule has 0 atom stereocenters. The van der Waals surface area contributed by atoms with Crippen LogP contribution in [0.1, 0.15) is 37.3 Å². The van der Waals surface area contributed by atoms with Gasteiger partial charge in [0.2, 0.25) is 5.91 Å². The average Bonchev–Trinajstić information content (AvgIpc) is 2.27. The van der Waals surface area contributed by atoms with Crippen LogP contribution < -0.4 is 10.9 Å². The minimum Gasteiger partial charge on any atom is -0.292 e. The molecule has 0 spiro atoms. The van der Waals surface area contributed by atoms with Gasteiger partial charge in [-0.25, -0.2) is 5.43 Å². The smallest absolute Gasteiger partial charge is 0.234 e. The van der Waals surface area contributed by atoms with E-state index in [4.69, 9.17) is 0 Å². The quantitative estimate of drug-likeness (QED) is 0.745. The van der Waals surface area contributed by atoms with E-state index in [9.17, 15) is 4.79 Å². The maximum absolute atomic E-state index is 11.2. The Morgan fingerprint density at radius 2 is 1.88 bits per heavy atom. The Bertz CT molecular complexity index is 330. The second kappa shape index (κ2) is 6.28. The Hall–Kier alpha value is -1.35. The van der Waals surface area contributed by atoms with Gasteiger partial charge < -0.3 is 0 Å². The largest absolute Gasteiger partial charge is 0.292 e. The summed E-state index contributed by atoms with van der Waals surface area (Å²) in [6, 6.07) is 8.47. The van der Waals surface area contributed by atoms with E-state index in [1.54, 1.807) is 7.05 Å². The number of hydrazine groups is 1. The number of carbonyl (C=O) groups excluding carboxylic acids is 1. The van der Waals surface area contributed by atoms with Gasteiger partial charge in [0.1, 0.15) is 0 Å². The minimum atomic E-state index is 0.0236. The third-order valence-corrected chi connectivity index (χ3v) is 2.55. The van der Waals surface area contributed by atoms with Crippen LogP contribution in [0.4, 0.5) is 0 Å². The molecule has 3 nitrogen and oxygen atoms in total. The summed E-state index contributed by atoms with van der Waals surface area (Å²) >= 11 is 0. The molecule has 0 bridgehead atoms. The molecule has 2 N–H and O–H groups in total. The van der Waals surface area contributed by atoms with Gasteiger partial charge in [0.05, 0.1) is 0 Å². The van der Waals surface area contributed by atoms with Gasteiger partial charge in [-0.15, -0.1) is 0 Å². The number of hydrogen-bond acceptors (Lipinski definition) is 2. The molecule has 3 heteroatoms. The zero-order chi connectivity index (χ0) is 12.0. The number of nitrogens with one attached hydrogen (secondary N) is 2. The minimum absolute atomic E-state index is 0.0236. The first-order valence-electron chi connectivity index (χ1n) is 5.68. The molecule has 1 rings (SSSR count). The van der Waals surface area contributed by atoms with Crippen molar-refractivity contribution in [3.05, 3.63) is 35.4 Å². The summed E-state index contributed by atoms with van der Waals surface area (Å²) < 4.78 is 0. The number of rotatable bonds is 5. The molecule has 0 fully saturated rings. The van der Waals surface area contributed by atoms with Crippen molar-refractivity contribution in [2.75, 3.05) is 7.05 Å². The summed E-state index contributed by atoms with van der Waals surface area (Å²) in [6.07, 6.45) is 1.30. The van der Waals surface area contributed by atoms with Gasteiger partial charge in [-0.2, -0.15) is 0 Å². The van der Waals surface area contributed by atoms with Crippen LogP contribution in [-0.4, -0.2) is 13.0 Å². The maximum atomic E-state index is 11.2. The molecule has 1 amide bonds. The summed E-state index contributed by atoms with van der Waals surface area (Å²) in [4.78, 5) is 11.2. The van der Waals surface area contributed by atoms with Gasteiger partial charge in [0.25, 0.3) is 0 Å². The molecule has 0 saturated heterocycles. The highest BCUT2D eigenvalue weighted by molar-refractivity contribution is 5.75. The van der Waals surface area contributed by atoms with Crippen molar-refractivity contribution in [3.63, 3.8) is 0 Å². The van der Waals surface area contributed by atoms with Gasteiger partial charge in [0.15, 0.2) is 0 Å². The SMILES string of the molecule is CNNC(=O)CCc1ccc(C(C)C)cc1. The van der Waals surface area contributed by atoms with Crippen LogP contribution in [0.25, 0.3) is 0 Å². The number of benzene rings is 1. The molecule has 1 aromatic carbocycles. The monoisotopic (exact) mass is 220 g/mol. The number of hydrogen-bond donors (Lipinski definition) is 2. The molecule has 0 aliphatic heterocycles. The standard InChI is InChI=1S/C13H20N2O/c1-10(2)12-7-4-11(5-8-12)6-9-13(16)15-14-3/h4-5,7-8,10,14H,6,9H2,1-3H3,(H,15,16). The Balaban J connectivity index is 2.46. The molecule has 16 heavy (non-hydrogen) atoms. The zero-order valence-electron chi connectivity index (χ0n) is 10.2. The van der Waals surface area contributed by atoms with Crippen LogP contribution in [0.15, 0.2) is 24.3 Å². The first kappa shape index (κ1) is 12.7. The summed E-state index contributed by atoms with van der Waals surface area (Å²) in [5.41, 5.74) is 7.73. The van der Waals surface area contributed by atoms with Crippen molar-refractivity contribution < 1.29 is 4.79 Å². The van der Waals surface area contributed by atoms with Gasteiger partial charge in [0, 0.05) is 13.5 Å². The molecule has 0 aliphatic rings. The maximum Gasteiger partial charge on any atom is 0.234 e. The lowest BCUT2D eigenvalue weighted by Crippen LogP contribution is -2.34. The number of aryl methyl sites for hydroxylation is 1. The topological polar surface area (TPSA) is 41.1 Å².